The minimum atomic E-state index is 0.0996. The zero-order valence-electron chi connectivity index (χ0n) is 29.4. The van der Waals surface area contributed by atoms with E-state index in [1.54, 1.807) is 11.1 Å². The van der Waals surface area contributed by atoms with Crippen LogP contribution in [0.4, 0.5) is 34.1 Å². The summed E-state index contributed by atoms with van der Waals surface area (Å²) in [5.74, 6) is 0. The number of rotatable bonds is 4. The van der Waals surface area contributed by atoms with Crippen molar-refractivity contribution < 1.29 is 0 Å². The smallest absolute Gasteiger partial charge is 0.264 e. The van der Waals surface area contributed by atoms with Gasteiger partial charge in [0, 0.05) is 38.1 Å². The zero-order valence-corrected chi connectivity index (χ0v) is 30.2. The van der Waals surface area contributed by atoms with Crippen molar-refractivity contribution in [2.45, 2.75) is 84.5 Å². The van der Waals surface area contributed by atoms with E-state index in [2.05, 4.69) is 129 Å². The summed E-state index contributed by atoms with van der Waals surface area (Å²) in [5, 5.41) is 0. The van der Waals surface area contributed by atoms with Gasteiger partial charge in [-0.1, -0.05) is 63.8 Å². The molecular weight excluding hydrogens is 611 g/mol. The van der Waals surface area contributed by atoms with E-state index in [0.717, 1.165) is 0 Å². The van der Waals surface area contributed by atoms with Gasteiger partial charge in [0.2, 0.25) is 0 Å². The molecule has 3 heterocycles. The molecule has 244 valence electrons. The summed E-state index contributed by atoms with van der Waals surface area (Å²) in [7, 11) is 0. The van der Waals surface area contributed by atoms with Gasteiger partial charge in [-0.3, -0.25) is 0 Å². The number of hydrogen-bond donors (Lipinski definition) is 0. The molecule has 0 amide bonds. The molecule has 0 radical (unpaired) electrons. The monoisotopic (exact) mass is 656 g/mol. The lowest BCUT2D eigenvalue weighted by Crippen LogP contribution is -2.60. The molecule has 9 rings (SSSR count). The molecule has 4 heteroatoms. The molecule has 0 N–H and O–H groups in total. The Hall–Kier alpha value is -4.28. The van der Waals surface area contributed by atoms with Gasteiger partial charge in [0.15, 0.2) is 0 Å². The number of thiophene rings is 1. The molecule has 2 nitrogen and oxygen atoms in total. The molecule has 0 unspecified atom stereocenters. The van der Waals surface area contributed by atoms with Crippen molar-refractivity contribution in [1.29, 1.82) is 0 Å². The number of allylic oxidation sites excluding steroid dienone is 2. The van der Waals surface area contributed by atoms with E-state index in [1.807, 2.05) is 17.4 Å². The zero-order chi connectivity index (χ0) is 33.4. The molecule has 4 aromatic carbocycles. The average molecular weight is 657 g/mol. The predicted octanol–water partition coefficient (Wildman–Crippen LogP) is 10.4. The fourth-order valence-electron chi connectivity index (χ4n) is 8.90. The Morgan fingerprint density at radius 3 is 1.96 bits per heavy atom. The highest BCUT2D eigenvalue weighted by atomic mass is 32.1. The van der Waals surface area contributed by atoms with Crippen LogP contribution in [-0.4, -0.2) is 6.71 Å². The minimum Gasteiger partial charge on any atom is -0.311 e. The SMILES string of the molecule is C=C/C=C\c1cc2c(s1)B1c3cc4c(cc3N(c3ccc5c(c3)CCCC5)c3cc(C)cc(c31)N2c1ccc(C(C)(C)C)cc1)CCCC4. The second-order valence-electron chi connectivity index (χ2n) is 15.7. The molecule has 2 aliphatic heterocycles. The van der Waals surface area contributed by atoms with E-state index in [4.69, 9.17) is 0 Å². The summed E-state index contributed by atoms with van der Waals surface area (Å²) < 4.78 is 1.43. The fraction of sp³-hybridized carbons (Fsp3) is 0.289. The van der Waals surface area contributed by atoms with Gasteiger partial charge in [-0.15, -0.1) is 11.3 Å². The number of fused-ring (bicyclic) bond motifs is 6. The van der Waals surface area contributed by atoms with Crippen molar-refractivity contribution >= 4 is 74.0 Å². The number of anilines is 6. The number of aryl methyl sites for hydroxylation is 5. The Morgan fingerprint density at radius 2 is 1.29 bits per heavy atom. The fourth-order valence-corrected chi connectivity index (χ4v) is 10.1. The van der Waals surface area contributed by atoms with Crippen LogP contribution in [0.5, 0.6) is 0 Å². The summed E-state index contributed by atoms with van der Waals surface area (Å²) in [5.41, 5.74) is 19.6. The summed E-state index contributed by atoms with van der Waals surface area (Å²) in [6, 6.07) is 29.2. The van der Waals surface area contributed by atoms with Crippen LogP contribution in [0.1, 0.15) is 84.7 Å². The van der Waals surface area contributed by atoms with Crippen LogP contribution in [0.15, 0.2) is 91.5 Å². The van der Waals surface area contributed by atoms with Crippen LogP contribution in [0.2, 0.25) is 0 Å². The maximum Gasteiger partial charge on any atom is 0.264 e. The second-order valence-corrected chi connectivity index (χ2v) is 16.8. The van der Waals surface area contributed by atoms with Gasteiger partial charge >= 0.3 is 0 Å². The Balaban J connectivity index is 1.33. The molecule has 0 saturated heterocycles. The first-order valence-electron chi connectivity index (χ1n) is 18.3. The highest BCUT2D eigenvalue weighted by Crippen LogP contribution is 2.47. The molecule has 5 aromatic rings. The normalized spacial score (nSPS) is 16.2. The Morgan fingerprint density at radius 1 is 0.673 bits per heavy atom. The molecule has 0 saturated carbocycles. The van der Waals surface area contributed by atoms with Gasteiger partial charge in [0.25, 0.3) is 6.71 Å². The third-order valence-corrected chi connectivity index (χ3v) is 12.5. The van der Waals surface area contributed by atoms with E-state index in [-0.39, 0.29) is 12.1 Å². The Labute approximate surface area is 296 Å². The lowest BCUT2D eigenvalue weighted by molar-refractivity contribution is 0.590. The number of benzene rings is 4. The Bertz CT molecular complexity index is 2160. The molecule has 2 aliphatic carbocycles. The molecule has 0 spiro atoms. The van der Waals surface area contributed by atoms with Crippen molar-refractivity contribution in [2.24, 2.45) is 0 Å². The Kier molecular flexibility index (Phi) is 7.32. The van der Waals surface area contributed by atoms with Gasteiger partial charge in [-0.05, 0) is 163 Å². The molecular formula is C45H45BN2S. The third kappa shape index (κ3) is 5.05. The molecule has 0 bridgehead atoms. The quantitative estimate of drug-likeness (QED) is 0.137. The van der Waals surface area contributed by atoms with E-state index in [9.17, 15) is 0 Å². The first-order chi connectivity index (χ1) is 23.8. The molecule has 1 aromatic heterocycles. The van der Waals surface area contributed by atoms with E-state index < -0.39 is 0 Å². The number of hydrogen-bond acceptors (Lipinski definition) is 3. The average Bonchev–Trinajstić information content (AvgIpc) is 3.52. The third-order valence-electron chi connectivity index (χ3n) is 11.3. The number of nitrogens with zero attached hydrogens (tertiary/aromatic N) is 2. The first kappa shape index (κ1) is 30.8. The highest BCUT2D eigenvalue weighted by Gasteiger charge is 2.45. The molecule has 49 heavy (non-hydrogen) atoms. The van der Waals surface area contributed by atoms with Gasteiger partial charge in [0.05, 0.1) is 5.69 Å². The lowest BCUT2D eigenvalue weighted by atomic mass is 9.36. The standard InChI is InChI=1S/C45H45BN2S/c1-6-7-16-37-28-42-44(49-37)46-38-26-32-14-10-11-15-33(32)27-39(38)48(36-20-17-30-12-8-9-13-31(30)25-36)41-24-29(2)23-40(43(41)46)47(42)35-21-18-34(19-22-35)45(3,4)5/h6-7,16-28H,1,8-15H2,2-5H3/b16-7-. The van der Waals surface area contributed by atoms with Crippen LogP contribution in [0.25, 0.3) is 6.08 Å². The van der Waals surface area contributed by atoms with Gasteiger partial charge in [-0.25, -0.2) is 0 Å². The van der Waals surface area contributed by atoms with Crippen molar-refractivity contribution in [3.63, 3.8) is 0 Å². The highest BCUT2D eigenvalue weighted by molar-refractivity contribution is 7.29. The van der Waals surface area contributed by atoms with Gasteiger partial charge < -0.3 is 9.80 Å². The van der Waals surface area contributed by atoms with Crippen LogP contribution in [0.3, 0.4) is 0 Å². The molecule has 4 aliphatic rings. The van der Waals surface area contributed by atoms with Crippen molar-refractivity contribution in [2.75, 3.05) is 9.80 Å². The maximum atomic E-state index is 3.98. The van der Waals surface area contributed by atoms with Gasteiger partial charge in [-0.2, -0.15) is 0 Å². The maximum absolute atomic E-state index is 3.98. The summed E-state index contributed by atoms with van der Waals surface area (Å²) in [4.78, 5) is 6.46. The van der Waals surface area contributed by atoms with Crippen LogP contribution < -0.4 is 25.5 Å². The van der Waals surface area contributed by atoms with Crippen molar-refractivity contribution in [1.82, 2.24) is 0 Å². The lowest BCUT2D eigenvalue weighted by Gasteiger charge is -2.44. The largest absolute Gasteiger partial charge is 0.311 e. The van der Waals surface area contributed by atoms with E-state index in [1.165, 1.54) is 128 Å². The summed E-state index contributed by atoms with van der Waals surface area (Å²) in [6.45, 7) is 13.3. The molecule has 0 atom stereocenters. The summed E-state index contributed by atoms with van der Waals surface area (Å²) >= 11 is 1.95. The van der Waals surface area contributed by atoms with Crippen LogP contribution in [0, 0.1) is 6.92 Å². The van der Waals surface area contributed by atoms with Crippen molar-refractivity contribution in [3.05, 3.63) is 130 Å². The van der Waals surface area contributed by atoms with E-state index >= 15 is 0 Å². The first-order valence-corrected chi connectivity index (χ1v) is 19.2. The second kappa shape index (κ2) is 11.7. The topological polar surface area (TPSA) is 6.48 Å². The van der Waals surface area contributed by atoms with E-state index in [0.29, 0.717) is 0 Å². The predicted molar refractivity (Wildman–Crippen MR) is 214 cm³/mol. The van der Waals surface area contributed by atoms with Crippen LogP contribution in [-0.2, 0) is 31.1 Å². The summed E-state index contributed by atoms with van der Waals surface area (Å²) in [6.07, 6.45) is 16.1. The van der Waals surface area contributed by atoms with Crippen LogP contribution >= 0.6 is 11.3 Å². The van der Waals surface area contributed by atoms with Crippen molar-refractivity contribution in [3.8, 4) is 0 Å². The molecule has 0 fully saturated rings. The van der Waals surface area contributed by atoms with Gasteiger partial charge in [0.1, 0.15) is 0 Å². The minimum absolute atomic E-state index is 0.0996.